The lowest BCUT2D eigenvalue weighted by atomic mass is 10.1. The van der Waals surface area contributed by atoms with Gasteiger partial charge < -0.3 is 14.8 Å². The summed E-state index contributed by atoms with van der Waals surface area (Å²) in [5, 5.41) is 4.30. The Morgan fingerprint density at radius 1 is 0.929 bits per heavy atom. The molecule has 0 fully saturated rings. The van der Waals surface area contributed by atoms with Crippen LogP contribution >= 0.6 is 35.4 Å². The lowest BCUT2D eigenvalue weighted by Gasteiger charge is -2.15. The molecule has 0 aromatic heterocycles. The number of methoxy groups -OCH3 is 1. The van der Waals surface area contributed by atoms with Crippen LogP contribution in [0.25, 0.3) is 0 Å². The summed E-state index contributed by atoms with van der Waals surface area (Å²) in [6.07, 6.45) is 0. The summed E-state index contributed by atoms with van der Waals surface area (Å²) in [5.74, 6) is 1.52. The molecule has 3 aromatic carbocycles. The molecule has 0 aliphatic rings. The number of rotatable bonds is 7. The minimum absolute atomic E-state index is 0.364. The predicted molar refractivity (Wildman–Crippen MR) is 119 cm³/mol. The third-order valence-corrected chi connectivity index (χ3v) is 5.25. The van der Waals surface area contributed by atoms with Crippen LogP contribution in [0.4, 0.5) is 0 Å². The van der Waals surface area contributed by atoms with Gasteiger partial charge in [0, 0.05) is 12.1 Å². The first kappa shape index (κ1) is 20.5. The first-order valence-corrected chi connectivity index (χ1v) is 9.80. The number of halogens is 2. The Morgan fingerprint density at radius 3 is 2.39 bits per heavy atom. The van der Waals surface area contributed by atoms with Gasteiger partial charge in [-0.1, -0.05) is 71.8 Å². The number of ether oxygens (including phenoxy) is 2. The van der Waals surface area contributed by atoms with Crippen LogP contribution in [-0.2, 0) is 13.2 Å². The number of benzene rings is 3. The van der Waals surface area contributed by atoms with E-state index in [1.807, 2.05) is 54.6 Å². The minimum Gasteiger partial charge on any atom is -0.496 e. The molecule has 0 atom stereocenters. The summed E-state index contributed by atoms with van der Waals surface area (Å²) in [5.41, 5.74) is 2.78. The third-order valence-electron chi connectivity index (χ3n) is 4.14. The Hall–Kier alpha value is -2.27. The highest BCUT2D eigenvalue weighted by Crippen LogP contribution is 2.25. The van der Waals surface area contributed by atoms with Gasteiger partial charge in [0.15, 0.2) is 0 Å². The second-order valence-corrected chi connectivity index (χ2v) is 7.25. The highest BCUT2D eigenvalue weighted by Gasteiger charge is 2.10. The molecule has 0 radical (unpaired) electrons. The summed E-state index contributed by atoms with van der Waals surface area (Å²) in [6, 6.07) is 20.9. The van der Waals surface area contributed by atoms with Crippen LogP contribution in [0.15, 0.2) is 66.7 Å². The van der Waals surface area contributed by atoms with Crippen molar-refractivity contribution in [3.8, 4) is 11.5 Å². The fraction of sp³-hybridized carbons (Fsp3) is 0.136. The molecule has 0 saturated heterocycles. The van der Waals surface area contributed by atoms with E-state index in [0.29, 0.717) is 33.9 Å². The van der Waals surface area contributed by atoms with E-state index in [1.165, 1.54) is 0 Å². The van der Waals surface area contributed by atoms with Crippen LogP contribution in [0.5, 0.6) is 11.5 Å². The molecule has 0 amide bonds. The zero-order chi connectivity index (χ0) is 19.9. The summed E-state index contributed by atoms with van der Waals surface area (Å²) in [4.78, 5) is 0.607. The molecular weight excluding hydrogens is 413 g/mol. The van der Waals surface area contributed by atoms with E-state index in [4.69, 9.17) is 44.9 Å². The molecule has 0 aliphatic carbocycles. The lowest BCUT2D eigenvalue weighted by molar-refractivity contribution is 0.305. The van der Waals surface area contributed by atoms with Gasteiger partial charge in [0.2, 0.25) is 0 Å². The molecule has 1 N–H and O–H groups in total. The standard InChI is InChI=1S/C22H19Cl2NO2S/c1-26-20-8-4-2-6-16(20)13-25-22(28)17-7-3-5-9-21(17)27-14-15-10-11-18(23)19(24)12-15/h2-12H,13-14H2,1H3,(H,25,28). The molecule has 3 aromatic rings. The van der Waals surface area contributed by atoms with Crippen LogP contribution in [0.1, 0.15) is 16.7 Å². The molecule has 0 heterocycles. The van der Waals surface area contributed by atoms with Crippen molar-refractivity contribution in [3.63, 3.8) is 0 Å². The van der Waals surface area contributed by atoms with Gasteiger partial charge in [-0.25, -0.2) is 0 Å². The molecule has 0 spiro atoms. The average molecular weight is 432 g/mol. The smallest absolute Gasteiger partial charge is 0.129 e. The third kappa shape index (κ3) is 5.16. The monoisotopic (exact) mass is 431 g/mol. The van der Waals surface area contributed by atoms with Crippen LogP contribution in [0.2, 0.25) is 10.0 Å². The van der Waals surface area contributed by atoms with Crippen LogP contribution in [0.3, 0.4) is 0 Å². The van der Waals surface area contributed by atoms with Crippen molar-refractivity contribution >= 4 is 40.4 Å². The zero-order valence-corrected chi connectivity index (χ0v) is 17.6. The van der Waals surface area contributed by atoms with Gasteiger partial charge in [-0.2, -0.15) is 0 Å². The molecule has 3 nitrogen and oxygen atoms in total. The quantitative estimate of drug-likeness (QED) is 0.461. The molecule has 144 valence electrons. The van der Waals surface area contributed by atoms with E-state index in [2.05, 4.69) is 5.32 Å². The maximum Gasteiger partial charge on any atom is 0.129 e. The molecular formula is C22H19Cl2NO2S. The summed E-state index contributed by atoms with van der Waals surface area (Å²) in [6.45, 7) is 0.924. The van der Waals surface area contributed by atoms with Crippen molar-refractivity contribution in [2.24, 2.45) is 0 Å². The molecule has 0 saturated carbocycles. The van der Waals surface area contributed by atoms with Crippen LogP contribution in [-0.4, -0.2) is 12.1 Å². The van der Waals surface area contributed by atoms with Crippen molar-refractivity contribution in [1.29, 1.82) is 0 Å². The van der Waals surface area contributed by atoms with Gasteiger partial charge in [-0.15, -0.1) is 0 Å². The lowest BCUT2D eigenvalue weighted by Crippen LogP contribution is -2.22. The van der Waals surface area contributed by atoms with E-state index in [9.17, 15) is 0 Å². The average Bonchev–Trinajstić information content (AvgIpc) is 2.73. The Kier molecular flexibility index (Phi) is 7.15. The Balaban J connectivity index is 1.68. The predicted octanol–water partition coefficient (Wildman–Crippen LogP) is 6.05. The number of nitrogens with one attached hydrogen (secondary N) is 1. The maximum atomic E-state index is 6.07. The molecule has 28 heavy (non-hydrogen) atoms. The molecule has 0 unspecified atom stereocenters. The fourth-order valence-electron chi connectivity index (χ4n) is 2.69. The highest BCUT2D eigenvalue weighted by atomic mass is 35.5. The van der Waals surface area contributed by atoms with Crippen molar-refractivity contribution < 1.29 is 9.47 Å². The Bertz CT molecular complexity index is 978. The number of thiocarbonyl (C=S) groups is 1. The van der Waals surface area contributed by atoms with Crippen LogP contribution < -0.4 is 14.8 Å². The van der Waals surface area contributed by atoms with Gasteiger partial charge in [-0.05, 0) is 35.9 Å². The van der Waals surface area contributed by atoms with E-state index in [1.54, 1.807) is 19.2 Å². The SMILES string of the molecule is COc1ccccc1CNC(=S)c1ccccc1OCc1ccc(Cl)c(Cl)c1. The molecule has 0 bridgehead atoms. The highest BCUT2D eigenvalue weighted by molar-refractivity contribution is 7.80. The van der Waals surface area contributed by atoms with E-state index in [-0.39, 0.29) is 0 Å². The molecule has 0 aliphatic heterocycles. The Morgan fingerprint density at radius 2 is 1.64 bits per heavy atom. The normalized spacial score (nSPS) is 10.4. The Labute approximate surface area is 180 Å². The van der Waals surface area contributed by atoms with E-state index in [0.717, 1.165) is 22.4 Å². The zero-order valence-electron chi connectivity index (χ0n) is 15.2. The van der Waals surface area contributed by atoms with Crippen LogP contribution in [0, 0.1) is 0 Å². The van der Waals surface area contributed by atoms with Gasteiger partial charge >= 0.3 is 0 Å². The first-order valence-electron chi connectivity index (χ1n) is 8.64. The fourth-order valence-corrected chi connectivity index (χ4v) is 3.25. The van der Waals surface area contributed by atoms with Gasteiger partial charge in [0.05, 0.1) is 22.7 Å². The van der Waals surface area contributed by atoms with E-state index < -0.39 is 0 Å². The van der Waals surface area contributed by atoms with Crippen molar-refractivity contribution in [2.45, 2.75) is 13.2 Å². The number of hydrogen-bond donors (Lipinski definition) is 1. The summed E-state index contributed by atoms with van der Waals surface area (Å²) < 4.78 is 11.4. The van der Waals surface area contributed by atoms with Crippen molar-refractivity contribution in [1.82, 2.24) is 5.32 Å². The second-order valence-electron chi connectivity index (χ2n) is 6.03. The molecule has 3 rings (SSSR count). The van der Waals surface area contributed by atoms with Gasteiger partial charge in [0.1, 0.15) is 23.1 Å². The second kappa shape index (κ2) is 9.78. The first-order chi connectivity index (χ1) is 13.6. The largest absolute Gasteiger partial charge is 0.496 e. The van der Waals surface area contributed by atoms with E-state index >= 15 is 0 Å². The van der Waals surface area contributed by atoms with Gasteiger partial charge in [0.25, 0.3) is 0 Å². The molecule has 6 heteroatoms. The summed E-state index contributed by atoms with van der Waals surface area (Å²) >= 11 is 17.6. The topological polar surface area (TPSA) is 30.5 Å². The number of para-hydroxylation sites is 2. The van der Waals surface area contributed by atoms with Crippen molar-refractivity contribution in [2.75, 3.05) is 7.11 Å². The van der Waals surface area contributed by atoms with Crippen molar-refractivity contribution in [3.05, 3.63) is 93.5 Å². The summed E-state index contributed by atoms with van der Waals surface area (Å²) in [7, 11) is 1.66. The minimum atomic E-state index is 0.364. The number of hydrogen-bond acceptors (Lipinski definition) is 3. The maximum absolute atomic E-state index is 6.07. The van der Waals surface area contributed by atoms with Gasteiger partial charge in [-0.3, -0.25) is 0 Å².